The first-order valence-corrected chi connectivity index (χ1v) is 5.72. The van der Waals surface area contributed by atoms with Gasteiger partial charge in [0.1, 0.15) is 17.5 Å². The maximum absolute atomic E-state index is 13.7. The van der Waals surface area contributed by atoms with Crippen molar-refractivity contribution >= 4 is 5.82 Å². The number of nitrogens with zero attached hydrogens (tertiary/aromatic N) is 1. The second-order valence-corrected chi connectivity index (χ2v) is 4.15. The summed E-state index contributed by atoms with van der Waals surface area (Å²) < 4.78 is 27.4. The van der Waals surface area contributed by atoms with Crippen molar-refractivity contribution in [2.24, 2.45) is 5.84 Å². The number of nitrogens with two attached hydrogens (primary N) is 2. The Labute approximate surface area is 109 Å². The highest BCUT2D eigenvalue weighted by Gasteiger charge is 2.19. The molecule has 0 saturated heterocycles. The van der Waals surface area contributed by atoms with E-state index >= 15 is 0 Å². The number of halogens is 2. The third-order valence-electron chi connectivity index (χ3n) is 2.83. The molecule has 0 bridgehead atoms. The van der Waals surface area contributed by atoms with Gasteiger partial charge in [-0.3, -0.25) is 11.3 Å². The number of hydrogen-bond acceptors (Lipinski definition) is 4. The second kappa shape index (κ2) is 5.73. The van der Waals surface area contributed by atoms with E-state index in [0.29, 0.717) is 12.2 Å². The minimum atomic E-state index is -0.678. The average molecular weight is 264 g/mol. The molecule has 1 atom stereocenters. The van der Waals surface area contributed by atoms with Crippen LogP contribution in [0.3, 0.4) is 0 Å². The molecule has 5 N–H and O–H groups in total. The number of hydrogen-bond donors (Lipinski definition) is 3. The zero-order chi connectivity index (χ0) is 13.8. The Bertz CT molecular complexity index is 554. The van der Waals surface area contributed by atoms with Gasteiger partial charge < -0.3 is 5.73 Å². The smallest absolute Gasteiger partial charge is 0.130 e. The third-order valence-corrected chi connectivity index (χ3v) is 2.83. The van der Waals surface area contributed by atoms with E-state index in [1.54, 1.807) is 12.1 Å². The summed E-state index contributed by atoms with van der Waals surface area (Å²) in [6.45, 7) is 0. The molecule has 6 heteroatoms. The second-order valence-electron chi connectivity index (χ2n) is 4.15. The summed E-state index contributed by atoms with van der Waals surface area (Å²) in [5, 5.41) is 0. The molecule has 1 unspecified atom stereocenters. The lowest BCUT2D eigenvalue weighted by Gasteiger charge is -2.18. The number of anilines is 1. The molecule has 1 heterocycles. The Hall–Kier alpha value is -2.05. The number of hydrazine groups is 1. The van der Waals surface area contributed by atoms with Crippen molar-refractivity contribution in [2.75, 3.05) is 5.73 Å². The van der Waals surface area contributed by atoms with Gasteiger partial charge >= 0.3 is 0 Å². The molecule has 2 rings (SSSR count). The fourth-order valence-corrected chi connectivity index (χ4v) is 1.94. The van der Waals surface area contributed by atoms with Crippen LogP contribution in [0.5, 0.6) is 0 Å². The van der Waals surface area contributed by atoms with Gasteiger partial charge in [-0.25, -0.2) is 13.8 Å². The number of nitrogen functional groups attached to an aromatic ring is 1. The van der Waals surface area contributed by atoms with E-state index in [0.717, 1.165) is 5.56 Å². The third kappa shape index (κ3) is 3.04. The predicted octanol–water partition coefficient (Wildman–Crippen LogP) is 1.69. The topological polar surface area (TPSA) is 77.0 Å². The molecule has 0 radical (unpaired) electrons. The van der Waals surface area contributed by atoms with Gasteiger partial charge in [-0.15, -0.1) is 0 Å². The molecule has 0 spiro atoms. The van der Waals surface area contributed by atoms with E-state index in [1.807, 2.05) is 0 Å². The number of nitrogens with one attached hydrogen (secondary N) is 1. The first-order valence-electron chi connectivity index (χ1n) is 5.72. The molecule has 0 fully saturated rings. The summed E-state index contributed by atoms with van der Waals surface area (Å²) in [6, 6.07) is 6.39. The summed E-state index contributed by atoms with van der Waals surface area (Å²) in [5.41, 5.74) is 8.70. The van der Waals surface area contributed by atoms with Crippen LogP contribution in [0.25, 0.3) is 0 Å². The Morgan fingerprint density at radius 3 is 2.47 bits per heavy atom. The van der Waals surface area contributed by atoms with Gasteiger partial charge in [-0.2, -0.15) is 0 Å². The van der Waals surface area contributed by atoms with Crippen LogP contribution < -0.4 is 17.0 Å². The van der Waals surface area contributed by atoms with Crippen LogP contribution in [-0.2, 0) is 6.42 Å². The van der Waals surface area contributed by atoms with E-state index in [4.69, 9.17) is 11.6 Å². The first-order chi connectivity index (χ1) is 9.11. The molecule has 0 aliphatic carbocycles. The molecule has 100 valence electrons. The lowest BCUT2D eigenvalue weighted by Crippen LogP contribution is -2.31. The first kappa shape index (κ1) is 13.4. The maximum atomic E-state index is 13.7. The van der Waals surface area contributed by atoms with Gasteiger partial charge in [-0.05, 0) is 36.2 Å². The van der Waals surface area contributed by atoms with Crippen molar-refractivity contribution in [2.45, 2.75) is 12.5 Å². The Morgan fingerprint density at radius 2 is 1.89 bits per heavy atom. The number of benzene rings is 1. The van der Waals surface area contributed by atoms with E-state index in [9.17, 15) is 8.78 Å². The van der Waals surface area contributed by atoms with E-state index < -0.39 is 17.7 Å². The fourth-order valence-electron chi connectivity index (χ4n) is 1.94. The minimum absolute atomic E-state index is 0.0830. The minimum Gasteiger partial charge on any atom is -0.384 e. The van der Waals surface area contributed by atoms with Crippen LogP contribution in [0, 0.1) is 11.6 Å². The summed E-state index contributed by atoms with van der Waals surface area (Å²) >= 11 is 0. The highest BCUT2D eigenvalue weighted by Crippen LogP contribution is 2.23. The van der Waals surface area contributed by atoms with Crippen molar-refractivity contribution in [1.82, 2.24) is 10.4 Å². The normalized spacial score (nSPS) is 12.4. The summed E-state index contributed by atoms with van der Waals surface area (Å²) in [7, 11) is 0. The lowest BCUT2D eigenvalue weighted by molar-refractivity contribution is 0.473. The molecule has 0 amide bonds. The predicted molar refractivity (Wildman–Crippen MR) is 68.8 cm³/mol. The SMILES string of the molecule is NNC(Cc1ccnc(N)c1)c1c(F)cccc1F. The molecule has 0 saturated carbocycles. The van der Waals surface area contributed by atoms with Gasteiger partial charge in [-0.1, -0.05) is 6.07 Å². The van der Waals surface area contributed by atoms with Gasteiger partial charge in [0.05, 0.1) is 6.04 Å². The Morgan fingerprint density at radius 1 is 1.21 bits per heavy atom. The molecule has 4 nitrogen and oxygen atoms in total. The molecular weight excluding hydrogens is 250 g/mol. The van der Waals surface area contributed by atoms with Gasteiger partial charge in [0.15, 0.2) is 0 Å². The van der Waals surface area contributed by atoms with Crippen molar-refractivity contribution in [3.8, 4) is 0 Å². The van der Waals surface area contributed by atoms with Crippen LogP contribution in [0.15, 0.2) is 36.5 Å². The molecule has 19 heavy (non-hydrogen) atoms. The zero-order valence-electron chi connectivity index (χ0n) is 10.1. The van der Waals surface area contributed by atoms with Crippen LogP contribution in [0.4, 0.5) is 14.6 Å². The zero-order valence-corrected chi connectivity index (χ0v) is 10.1. The summed E-state index contributed by atoms with van der Waals surface area (Å²) in [6.07, 6.45) is 1.84. The van der Waals surface area contributed by atoms with Crippen molar-refractivity contribution in [3.05, 3.63) is 59.3 Å². The van der Waals surface area contributed by atoms with Crippen LogP contribution >= 0.6 is 0 Å². The van der Waals surface area contributed by atoms with Gasteiger partial charge in [0.25, 0.3) is 0 Å². The van der Waals surface area contributed by atoms with E-state index in [1.165, 1.54) is 24.4 Å². The number of rotatable bonds is 4. The highest BCUT2D eigenvalue weighted by molar-refractivity contribution is 5.33. The Kier molecular flexibility index (Phi) is 4.03. The van der Waals surface area contributed by atoms with Gasteiger partial charge in [0, 0.05) is 11.8 Å². The standard InChI is InChI=1S/C13H14F2N4/c14-9-2-1-3-10(15)13(9)11(19-17)6-8-4-5-18-12(16)7-8/h1-5,7,11,19H,6,17H2,(H2,16,18). The van der Waals surface area contributed by atoms with Crippen molar-refractivity contribution in [1.29, 1.82) is 0 Å². The molecule has 2 aromatic rings. The largest absolute Gasteiger partial charge is 0.384 e. The fraction of sp³-hybridized carbons (Fsp3) is 0.154. The van der Waals surface area contributed by atoms with Crippen molar-refractivity contribution < 1.29 is 8.78 Å². The molecular formula is C13H14F2N4. The van der Waals surface area contributed by atoms with E-state index in [-0.39, 0.29) is 5.56 Å². The van der Waals surface area contributed by atoms with Crippen molar-refractivity contribution in [3.63, 3.8) is 0 Å². The summed E-state index contributed by atoms with van der Waals surface area (Å²) in [4.78, 5) is 3.86. The monoisotopic (exact) mass is 264 g/mol. The van der Waals surface area contributed by atoms with Crippen LogP contribution in [0.1, 0.15) is 17.2 Å². The number of aromatic nitrogens is 1. The van der Waals surface area contributed by atoms with Crippen LogP contribution in [0.2, 0.25) is 0 Å². The molecule has 1 aromatic heterocycles. The van der Waals surface area contributed by atoms with Crippen LogP contribution in [-0.4, -0.2) is 4.98 Å². The van der Waals surface area contributed by atoms with Gasteiger partial charge in [0.2, 0.25) is 0 Å². The maximum Gasteiger partial charge on any atom is 0.130 e. The molecule has 0 aliphatic heterocycles. The lowest BCUT2D eigenvalue weighted by atomic mass is 9.99. The molecule has 0 aliphatic rings. The summed E-state index contributed by atoms with van der Waals surface area (Å²) in [5.74, 6) is 4.48. The number of pyridine rings is 1. The average Bonchev–Trinajstić information content (AvgIpc) is 2.37. The van der Waals surface area contributed by atoms with E-state index in [2.05, 4.69) is 10.4 Å². The Balaban J connectivity index is 2.30. The molecule has 1 aromatic carbocycles. The quantitative estimate of drug-likeness (QED) is 0.580. The highest BCUT2D eigenvalue weighted by atomic mass is 19.1.